The van der Waals surface area contributed by atoms with E-state index in [1.807, 2.05) is 31.2 Å². The number of aryl methyl sites for hydroxylation is 2. The zero-order valence-corrected chi connectivity index (χ0v) is 12.3. The van der Waals surface area contributed by atoms with Crippen molar-refractivity contribution in [2.75, 3.05) is 0 Å². The van der Waals surface area contributed by atoms with Gasteiger partial charge in [0.2, 0.25) is 0 Å². The largest absolute Gasteiger partial charge is 0.328 e. The first-order chi connectivity index (χ1) is 9.69. The number of carbonyl (C=O) groups is 1. The van der Waals surface area contributed by atoms with E-state index in [2.05, 4.69) is 21.5 Å². The third-order valence-electron chi connectivity index (χ3n) is 3.26. The van der Waals surface area contributed by atoms with Crippen molar-refractivity contribution in [3.63, 3.8) is 0 Å². The van der Waals surface area contributed by atoms with E-state index in [4.69, 9.17) is 0 Å². The van der Waals surface area contributed by atoms with Crippen molar-refractivity contribution < 1.29 is 4.79 Å². The summed E-state index contributed by atoms with van der Waals surface area (Å²) in [6.45, 7) is 4.78. The fraction of sp³-hybridized carbons (Fsp3) is 0.267. The molecular formula is C15H15N3OS. The van der Waals surface area contributed by atoms with Gasteiger partial charge in [0, 0.05) is 12.7 Å². The van der Waals surface area contributed by atoms with Gasteiger partial charge in [0.1, 0.15) is 5.82 Å². The second kappa shape index (κ2) is 5.17. The van der Waals surface area contributed by atoms with Crippen LogP contribution in [0.3, 0.4) is 0 Å². The maximum Gasteiger partial charge on any atom is 0.181 e. The van der Waals surface area contributed by atoms with E-state index >= 15 is 0 Å². The van der Waals surface area contributed by atoms with Crippen LogP contribution in [0.2, 0.25) is 0 Å². The Bertz CT molecular complexity index is 772. The summed E-state index contributed by atoms with van der Waals surface area (Å²) in [5, 5.41) is 0.914. The number of hydrogen-bond donors (Lipinski definition) is 0. The molecule has 4 nitrogen and oxygen atoms in total. The van der Waals surface area contributed by atoms with Gasteiger partial charge in [-0.05, 0) is 26.0 Å². The zero-order chi connectivity index (χ0) is 14.1. The van der Waals surface area contributed by atoms with E-state index in [-0.39, 0.29) is 5.78 Å². The highest BCUT2D eigenvalue weighted by atomic mass is 32.1. The van der Waals surface area contributed by atoms with E-state index in [0.29, 0.717) is 11.3 Å². The van der Waals surface area contributed by atoms with Crippen LogP contribution in [0, 0.1) is 6.92 Å². The van der Waals surface area contributed by atoms with Gasteiger partial charge < -0.3 is 4.57 Å². The van der Waals surface area contributed by atoms with Crippen LogP contribution in [-0.2, 0) is 13.0 Å². The first kappa shape index (κ1) is 13.0. The molecule has 2 heterocycles. The lowest BCUT2D eigenvalue weighted by atomic mass is 10.2. The summed E-state index contributed by atoms with van der Waals surface area (Å²) in [5.74, 6) is 0.908. The highest BCUT2D eigenvalue weighted by molar-refractivity contribution is 7.13. The van der Waals surface area contributed by atoms with Crippen molar-refractivity contribution >= 4 is 28.2 Å². The summed E-state index contributed by atoms with van der Waals surface area (Å²) in [6.07, 6.45) is 1.98. The van der Waals surface area contributed by atoms with Gasteiger partial charge in [-0.3, -0.25) is 4.79 Å². The average Bonchev–Trinajstić information content (AvgIpc) is 3.01. The molecule has 5 heteroatoms. The summed E-state index contributed by atoms with van der Waals surface area (Å²) in [7, 11) is 0. The summed E-state index contributed by atoms with van der Waals surface area (Å²) < 4.78 is 2.10. The first-order valence-electron chi connectivity index (χ1n) is 6.59. The van der Waals surface area contributed by atoms with Gasteiger partial charge in [0.25, 0.3) is 0 Å². The molecule has 0 saturated carbocycles. The monoisotopic (exact) mass is 285 g/mol. The van der Waals surface area contributed by atoms with Gasteiger partial charge in [-0.25, -0.2) is 9.97 Å². The average molecular weight is 285 g/mol. The number of aromatic nitrogens is 3. The van der Waals surface area contributed by atoms with E-state index in [0.717, 1.165) is 28.4 Å². The Morgan fingerprint density at radius 3 is 2.85 bits per heavy atom. The number of Topliss-reactive ketones (excluding diaryl/α,β-unsaturated/α-hetero) is 1. The van der Waals surface area contributed by atoms with Gasteiger partial charge in [-0.2, -0.15) is 0 Å². The number of ketones is 1. The summed E-state index contributed by atoms with van der Waals surface area (Å²) >= 11 is 1.44. The molecule has 0 aliphatic heterocycles. The molecule has 0 N–H and O–H groups in total. The molecule has 0 saturated heterocycles. The van der Waals surface area contributed by atoms with Crippen LogP contribution in [0.1, 0.15) is 27.4 Å². The molecule has 0 bridgehead atoms. The molecule has 1 aromatic carbocycles. The molecule has 0 unspecified atom stereocenters. The molecule has 0 fully saturated rings. The lowest BCUT2D eigenvalue weighted by molar-refractivity contribution is 0.0993. The second-order valence-corrected chi connectivity index (χ2v) is 5.84. The first-order valence-corrected chi connectivity index (χ1v) is 7.40. The Morgan fingerprint density at radius 1 is 1.35 bits per heavy atom. The fourth-order valence-electron chi connectivity index (χ4n) is 2.33. The normalized spacial score (nSPS) is 11.1. The maximum absolute atomic E-state index is 12.3. The number of hydrogen-bond acceptors (Lipinski definition) is 4. The molecule has 0 aliphatic carbocycles. The molecule has 0 spiro atoms. The number of fused-ring (bicyclic) bond motifs is 1. The minimum atomic E-state index is 0.0839. The molecule has 3 rings (SSSR count). The number of nitrogens with zero attached hydrogens (tertiary/aromatic N) is 3. The number of rotatable bonds is 4. The quantitative estimate of drug-likeness (QED) is 0.691. The zero-order valence-electron chi connectivity index (χ0n) is 11.5. The van der Waals surface area contributed by atoms with Crippen molar-refractivity contribution in [3.8, 4) is 0 Å². The van der Waals surface area contributed by atoms with Crippen molar-refractivity contribution in [2.24, 2.45) is 0 Å². The predicted molar refractivity (Wildman–Crippen MR) is 80.3 cm³/mol. The Labute approximate surface area is 121 Å². The smallest absolute Gasteiger partial charge is 0.181 e. The fourth-order valence-corrected chi connectivity index (χ4v) is 3.05. The van der Waals surface area contributed by atoms with Crippen LogP contribution in [0.25, 0.3) is 11.0 Å². The minimum Gasteiger partial charge on any atom is -0.328 e. The molecule has 2 aromatic heterocycles. The predicted octanol–water partition coefficient (Wildman–Crippen LogP) is 3.25. The number of para-hydroxylation sites is 2. The van der Waals surface area contributed by atoms with Gasteiger partial charge in [-0.1, -0.05) is 12.1 Å². The maximum atomic E-state index is 12.3. The van der Waals surface area contributed by atoms with Gasteiger partial charge in [0.15, 0.2) is 5.78 Å². The summed E-state index contributed by atoms with van der Waals surface area (Å²) in [5.41, 5.74) is 2.02. The van der Waals surface area contributed by atoms with Crippen LogP contribution in [-0.4, -0.2) is 20.3 Å². The minimum absolute atomic E-state index is 0.0839. The van der Waals surface area contributed by atoms with Crippen LogP contribution in [0.15, 0.2) is 30.5 Å². The Balaban J connectivity index is 1.96. The van der Waals surface area contributed by atoms with Crippen LogP contribution >= 0.6 is 11.3 Å². The third kappa shape index (κ3) is 2.25. The number of benzene rings is 1. The highest BCUT2D eigenvalue weighted by Crippen LogP contribution is 2.19. The molecule has 102 valence electrons. The van der Waals surface area contributed by atoms with Gasteiger partial charge in [0.05, 0.1) is 27.3 Å². The SMILES string of the molecule is CCn1c(CC(=O)c2cnc(C)s2)nc2ccccc21. The van der Waals surface area contributed by atoms with E-state index in [1.54, 1.807) is 6.20 Å². The molecule has 20 heavy (non-hydrogen) atoms. The molecule has 0 atom stereocenters. The van der Waals surface area contributed by atoms with Crippen molar-refractivity contribution in [1.82, 2.24) is 14.5 Å². The van der Waals surface area contributed by atoms with E-state index in [1.165, 1.54) is 11.3 Å². The van der Waals surface area contributed by atoms with Crippen LogP contribution < -0.4 is 0 Å². The Morgan fingerprint density at radius 2 is 2.15 bits per heavy atom. The molecule has 0 aliphatic rings. The van der Waals surface area contributed by atoms with Crippen molar-refractivity contribution in [2.45, 2.75) is 26.8 Å². The molecule has 0 amide bonds. The van der Waals surface area contributed by atoms with Crippen LogP contribution in [0.4, 0.5) is 0 Å². The molecule has 0 radical (unpaired) electrons. The summed E-state index contributed by atoms with van der Waals surface area (Å²) in [4.78, 5) is 21.7. The highest BCUT2D eigenvalue weighted by Gasteiger charge is 2.15. The third-order valence-corrected chi connectivity index (χ3v) is 4.22. The standard InChI is InChI=1S/C15H15N3OS/c1-3-18-12-7-5-4-6-11(12)17-15(18)8-13(19)14-9-16-10(2)20-14/h4-7,9H,3,8H2,1-2H3. The summed E-state index contributed by atoms with van der Waals surface area (Å²) in [6, 6.07) is 7.98. The number of carbonyl (C=O) groups excluding carboxylic acids is 1. The van der Waals surface area contributed by atoms with Crippen LogP contribution in [0.5, 0.6) is 0 Å². The van der Waals surface area contributed by atoms with Gasteiger partial charge >= 0.3 is 0 Å². The number of thiazole rings is 1. The topological polar surface area (TPSA) is 47.8 Å². The lowest BCUT2D eigenvalue weighted by Crippen LogP contribution is -2.08. The van der Waals surface area contributed by atoms with E-state index in [9.17, 15) is 4.79 Å². The lowest BCUT2D eigenvalue weighted by Gasteiger charge is -2.04. The van der Waals surface area contributed by atoms with Crippen molar-refractivity contribution in [1.29, 1.82) is 0 Å². The number of imidazole rings is 1. The Kier molecular flexibility index (Phi) is 3.36. The van der Waals surface area contributed by atoms with Crippen molar-refractivity contribution in [3.05, 3.63) is 46.2 Å². The Hall–Kier alpha value is -2.01. The molecular weight excluding hydrogens is 270 g/mol. The molecule has 3 aromatic rings. The van der Waals surface area contributed by atoms with E-state index < -0.39 is 0 Å². The van der Waals surface area contributed by atoms with Gasteiger partial charge in [-0.15, -0.1) is 11.3 Å². The second-order valence-electron chi connectivity index (χ2n) is 4.60.